The van der Waals surface area contributed by atoms with Crippen LogP contribution in [0.1, 0.15) is 33.1 Å². The first-order valence-electron chi connectivity index (χ1n) is 5.47. The molecule has 0 radical (unpaired) electrons. The lowest BCUT2D eigenvalue weighted by atomic mass is 10.0. The third-order valence-electron chi connectivity index (χ3n) is 3.31. The fourth-order valence-electron chi connectivity index (χ4n) is 2.30. The van der Waals surface area contributed by atoms with Gasteiger partial charge in [0.05, 0.1) is 4.32 Å². The summed E-state index contributed by atoms with van der Waals surface area (Å²) in [6, 6.07) is 0. The molecule has 0 N–H and O–H groups in total. The molecule has 1 heterocycles. The summed E-state index contributed by atoms with van der Waals surface area (Å²) in [5.74, 6) is 1.99. The first-order chi connectivity index (χ1) is 6.48. The van der Waals surface area contributed by atoms with Gasteiger partial charge in [0, 0.05) is 13.1 Å². The molecule has 1 aliphatic carbocycles. The number of hydrogen-bond donors (Lipinski definition) is 0. The molecule has 2 aliphatic rings. The van der Waals surface area contributed by atoms with Crippen molar-refractivity contribution in [2.45, 2.75) is 37.4 Å². The number of hydrogen-bond acceptors (Lipinski definition) is 1. The highest BCUT2D eigenvalue weighted by Crippen LogP contribution is 2.41. The van der Waals surface area contributed by atoms with Gasteiger partial charge in [-0.15, -0.1) is 0 Å². The largest absolute Gasteiger partial charge is 0.341 e. The fraction of sp³-hybridized carbons (Fsp3) is 0.909. The van der Waals surface area contributed by atoms with Crippen LogP contribution in [0.5, 0.6) is 0 Å². The second-order valence-electron chi connectivity index (χ2n) is 5.11. The summed E-state index contributed by atoms with van der Waals surface area (Å²) in [6.45, 7) is 5.83. The maximum absolute atomic E-state index is 11.9. The second kappa shape index (κ2) is 3.51. The number of carbonyl (C=O) groups is 1. The van der Waals surface area contributed by atoms with E-state index in [9.17, 15) is 4.79 Å². The van der Waals surface area contributed by atoms with Gasteiger partial charge < -0.3 is 4.90 Å². The number of alkyl halides is 1. The molecule has 2 rings (SSSR count). The number of nitrogens with zero attached hydrogens (tertiary/aromatic N) is 1. The Bertz CT molecular complexity index is 242. The quantitative estimate of drug-likeness (QED) is 0.698. The number of amides is 1. The molecule has 1 atom stereocenters. The van der Waals surface area contributed by atoms with Crippen LogP contribution in [0, 0.1) is 11.8 Å². The summed E-state index contributed by atoms with van der Waals surface area (Å²) >= 11 is 3.44. The number of halogens is 1. The molecule has 0 bridgehead atoms. The van der Waals surface area contributed by atoms with Crippen molar-refractivity contribution >= 4 is 21.8 Å². The summed E-state index contributed by atoms with van der Waals surface area (Å²) in [5.41, 5.74) is 0. The number of rotatable bonds is 2. The van der Waals surface area contributed by atoms with Crippen molar-refractivity contribution in [2.24, 2.45) is 11.8 Å². The van der Waals surface area contributed by atoms with Gasteiger partial charge in [0.1, 0.15) is 0 Å². The number of likely N-dealkylation sites (tertiary alicyclic amines) is 1. The third kappa shape index (κ3) is 2.13. The second-order valence-corrected chi connectivity index (χ2v) is 7.09. The predicted octanol–water partition coefficient (Wildman–Crippen LogP) is 2.42. The fourth-order valence-corrected chi connectivity index (χ4v) is 2.55. The van der Waals surface area contributed by atoms with Crippen LogP contribution in [0.25, 0.3) is 0 Å². The Kier molecular flexibility index (Phi) is 2.63. The minimum absolute atomic E-state index is 0.251. The van der Waals surface area contributed by atoms with Crippen LogP contribution >= 0.6 is 15.9 Å². The van der Waals surface area contributed by atoms with E-state index in [1.165, 1.54) is 19.3 Å². The van der Waals surface area contributed by atoms with E-state index in [4.69, 9.17) is 0 Å². The van der Waals surface area contributed by atoms with Crippen molar-refractivity contribution in [1.82, 2.24) is 4.90 Å². The molecule has 2 nitrogen and oxygen atoms in total. The molecule has 3 heteroatoms. The topological polar surface area (TPSA) is 20.3 Å². The molecule has 1 aliphatic heterocycles. The third-order valence-corrected chi connectivity index (χ3v) is 3.65. The average Bonchev–Trinajstić information content (AvgIpc) is 2.82. The first kappa shape index (κ1) is 10.5. The maximum atomic E-state index is 11.9. The summed E-state index contributed by atoms with van der Waals surface area (Å²) in [7, 11) is 0. The molecule has 0 aromatic heterocycles. The lowest BCUT2D eigenvalue weighted by Gasteiger charge is -2.24. The standard InChI is InChI=1S/C11H18BrNO/c1-11(2,12)10(14)13-6-5-9(7-13)8-3-4-8/h8-9H,3-7H2,1-2H3. The van der Waals surface area contributed by atoms with E-state index in [0.29, 0.717) is 0 Å². The van der Waals surface area contributed by atoms with Crippen LogP contribution in [0.2, 0.25) is 0 Å². The summed E-state index contributed by atoms with van der Waals surface area (Å²) in [4.78, 5) is 14.0. The van der Waals surface area contributed by atoms with E-state index in [-0.39, 0.29) is 10.2 Å². The van der Waals surface area contributed by atoms with Crippen molar-refractivity contribution in [2.75, 3.05) is 13.1 Å². The minimum atomic E-state index is -0.383. The first-order valence-corrected chi connectivity index (χ1v) is 6.26. The number of carbonyl (C=O) groups excluding carboxylic acids is 1. The van der Waals surface area contributed by atoms with Crippen molar-refractivity contribution in [3.8, 4) is 0 Å². The Hall–Kier alpha value is -0.0500. The van der Waals surface area contributed by atoms with E-state index in [2.05, 4.69) is 15.9 Å². The van der Waals surface area contributed by atoms with Crippen LogP contribution in [0.3, 0.4) is 0 Å². The van der Waals surface area contributed by atoms with Gasteiger partial charge in [-0.3, -0.25) is 4.79 Å². The van der Waals surface area contributed by atoms with Crippen molar-refractivity contribution < 1.29 is 4.79 Å². The Balaban J connectivity index is 1.91. The van der Waals surface area contributed by atoms with Gasteiger partial charge in [-0.25, -0.2) is 0 Å². The van der Waals surface area contributed by atoms with E-state index in [0.717, 1.165) is 24.9 Å². The molecule has 0 aromatic carbocycles. The summed E-state index contributed by atoms with van der Waals surface area (Å²) < 4.78 is -0.383. The molecule has 1 saturated heterocycles. The summed E-state index contributed by atoms with van der Waals surface area (Å²) in [5, 5.41) is 0. The van der Waals surface area contributed by atoms with Crippen LogP contribution in [0.15, 0.2) is 0 Å². The minimum Gasteiger partial charge on any atom is -0.341 e. The molecular weight excluding hydrogens is 242 g/mol. The molecular formula is C11H18BrNO. The normalized spacial score (nSPS) is 28.2. The predicted molar refractivity (Wildman–Crippen MR) is 60.4 cm³/mol. The highest BCUT2D eigenvalue weighted by Gasteiger charge is 2.39. The molecule has 2 fully saturated rings. The highest BCUT2D eigenvalue weighted by atomic mass is 79.9. The molecule has 0 spiro atoms. The van der Waals surface area contributed by atoms with E-state index >= 15 is 0 Å². The zero-order valence-electron chi connectivity index (χ0n) is 8.92. The lowest BCUT2D eigenvalue weighted by Crippen LogP contribution is -2.40. The molecule has 1 amide bonds. The monoisotopic (exact) mass is 259 g/mol. The highest BCUT2D eigenvalue weighted by molar-refractivity contribution is 9.10. The zero-order valence-corrected chi connectivity index (χ0v) is 10.5. The van der Waals surface area contributed by atoms with E-state index in [1.807, 2.05) is 18.7 Å². The smallest absolute Gasteiger partial charge is 0.238 e. The van der Waals surface area contributed by atoms with Crippen LogP contribution in [0.4, 0.5) is 0 Å². The molecule has 1 saturated carbocycles. The van der Waals surface area contributed by atoms with Gasteiger partial charge in [0.15, 0.2) is 0 Å². The zero-order chi connectivity index (χ0) is 10.3. The molecule has 14 heavy (non-hydrogen) atoms. The lowest BCUT2D eigenvalue weighted by molar-refractivity contribution is -0.131. The Morgan fingerprint density at radius 1 is 1.29 bits per heavy atom. The van der Waals surface area contributed by atoms with Gasteiger partial charge in [0.25, 0.3) is 0 Å². The van der Waals surface area contributed by atoms with Crippen LogP contribution < -0.4 is 0 Å². The van der Waals surface area contributed by atoms with Gasteiger partial charge in [-0.1, -0.05) is 15.9 Å². The van der Waals surface area contributed by atoms with Crippen molar-refractivity contribution in [3.63, 3.8) is 0 Å². The molecule has 0 aromatic rings. The van der Waals surface area contributed by atoms with Gasteiger partial charge in [-0.05, 0) is 44.9 Å². The Labute approximate surface area is 94.2 Å². The Morgan fingerprint density at radius 3 is 2.43 bits per heavy atom. The van der Waals surface area contributed by atoms with E-state index in [1.54, 1.807) is 0 Å². The molecule has 1 unspecified atom stereocenters. The Morgan fingerprint density at radius 2 is 1.93 bits per heavy atom. The van der Waals surface area contributed by atoms with Crippen LogP contribution in [-0.2, 0) is 4.79 Å². The van der Waals surface area contributed by atoms with Gasteiger partial charge >= 0.3 is 0 Å². The van der Waals surface area contributed by atoms with Crippen molar-refractivity contribution in [3.05, 3.63) is 0 Å². The SMILES string of the molecule is CC(C)(Br)C(=O)N1CCC(C2CC2)C1. The molecule has 80 valence electrons. The van der Waals surface area contributed by atoms with Gasteiger partial charge in [0.2, 0.25) is 5.91 Å². The van der Waals surface area contributed by atoms with Crippen molar-refractivity contribution in [1.29, 1.82) is 0 Å². The maximum Gasteiger partial charge on any atom is 0.238 e. The van der Waals surface area contributed by atoms with Crippen LogP contribution in [-0.4, -0.2) is 28.2 Å². The van der Waals surface area contributed by atoms with Gasteiger partial charge in [-0.2, -0.15) is 0 Å². The van der Waals surface area contributed by atoms with E-state index < -0.39 is 0 Å². The average molecular weight is 260 g/mol. The summed E-state index contributed by atoms with van der Waals surface area (Å²) in [6.07, 6.45) is 4.01.